The number of nitrogens with one attached hydrogen (secondary N) is 1. The van der Waals surface area contributed by atoms with Crippen LogP contribution in [0.1, 0.15) is 30.4 Å². The Morgan fingerprint density at radius 2 is 1.90 bits per heavy atom. The number of likely N-dealkylation sites (N-methyl/N-ethyl adjacent to an activating group) is 1. The molecular formula is C12H18N2O5S2. The van der Waals surface area contributed by atoms with Gasteiger partial charge in [0, 0.05) is 13.1 Å². The van der Waals surface area contributed by atoms with Crippen LogP contribution in [-0.4, -0.2) is 49.4 Å². The molecule has 0 spiro atoms. The van der Waals surface area contributed by atoms with Gasteiger partial charge in [0.1, 0.15) is 9.09 Å². The van der Waals surface area contributed by atoms with Crippen LogP contribution in [0, 0.1) is 0 Å². The minimum Gasteiger partial charge on any atom is -0.477 e. The van der Waals surface area contributed by atoms with Crippen LogP contribution in [0.4, 0.5) is 0 Å². The summed E-state index contributed by atoms with van der Waals surface area (Å²) in [7, 11) is -3.91. The van der Waals surface area contributed by atoms with Gasteiger partial charge in [0.2, 0.25) is 5.91 Å². The monoisotopic (exact) mass is 334 g/mol. The summed E-state index contributed by atoms with van der Waals surface area (Å²) in [5, 5.41) is 8.81. The minimum absolute atomic E-state index is 0.0712. The van der Waals surface area contributed by atoms with Crippen LogP contribution in [0.5, 0.6) is 0 Å². The molecule has 0 saturated carbocycles. The maximum atomic E-state index is 12.1. The standard InChI is InChI=1S/C12H18N2O5S2/c1-4-14(5-2)11(15)8(3)13-21(18,19)10-7-6-9(20-10)12(16)17/h6-8,13H,4-5H2,1-3H3,(H,16,17). The molecule has 1 heterocycles. The molecule has 1 unspecified atom stereocenters. The van der Waals surface area contributed by atoms with Crippen LogP contribution in [0.2, 0.25) is 0 Å². The summed E-state index contributed by atoms with van der Waals surface area (Å²) >= 11 is 0.647. The van der Waals surface area contributed by atoms with Crippen molar-refractivity contribution in [3.05, 3.63) is 17.0 Å². The van der Waals surface area contributed by atoms with Crippen LogP contribution in [-0.2, 0) is 14.8 Å². The van der Waals surface area contributed by atoms with E-state index in [-0.39, 0.29) is 15.0 Å². The number of hydrogen-bond acceptors (Lipinski definition) is 5. The smallest absolute Gasteiger partial charge is 0.345 e. The van der Waals surface area contributed by atoms with Crippen molar-refractivity contribution >= 4 is 33.2 Å². The molecule has 21 heavy (non-hydrogen) atoms. The average Bonchev–Trinajstić information content (AvgIpc) is 2.90. The highest BCUT2D eigenvalue weighted by molar-refractivity contribution is 7.91. The van der Waals surface area contributed by atoms with Crippen molar-refractivity contribution in [1.82, 2.24) is 9.62 Å². The van der Waals surface area contributed by atoms with Crippen molar-refractivity contribution in [2.24, 2.45) is 0 Å². The number of aromatic carboxylic acids is 1. The largest absolute Gasteiger partial charge is 0.477 e. The van der Waals surface area contributed by atoms with E-state index >= 15 is 0 Å². The van der Waals surface area contributed by atoms with Gasteiger partial charge in [-0.3, -0.25) is 4.79 Å². The fourth-order valence-electron chi connectivity index (χ4n) is 1.73. The second-order valence-corrected chi connectivity index (χ2v) is 7.30. The van der Waals surface area contributed by atoms with Crippen molar-refractivity contribution < 1.29 is 23.1 Å². The van der Waals surface area contributed by atoms with Gasteiger partial charge in [-0.1, -0.05) is 0 Å². The maximum absolute atomic E-state index is 12.1. The zero-order valence-corrected chi connectivity index (χ0v) is 13.6. The molecular weight excluding hydrogens is 316 g/mol. The lowest BCUT2D eigenvalue weighted by molar-refractivity contribution is -0.132. The molecule has 7 nitrogen and oxygen atoms in total. The molecule has 0 fully saturated rings. The highest BCUT2D eigenvalue weighted by Crippen LogP contribution is 2.21. The lowest BCUT2D eigenvalue weighted by atomic mass is 10.3. The summed E-state index contributed by atoms with van der Waals surface area (Å²) < 4.78 is 26.4. The van der Waals surface area contributed by atoms with Crippen molar-refractivity contribution in [2.75, 3.05) is 13.1 Å². The predicted molar refractivity (Wildman–Crippen MR) is 79.0 cm³/mol. The quantitative estimate of drug-likeness (QED) is 0.773. The first-order valence-electron chi connectivity index (χ1n) is 6.37. The molecule has 1 amide bonds. The Labute approximate surface area is 127 Å². The summed E-state index contributed by atoms with van der Waals surface area (Å²) in [6, 6.07) is 1.52. The van der Waals surface area contributed by atoms with E-state index in [9.17, 15) is 18.0 Å². The van der Waals surface area contributed by atoms with Gasteiger partial charge in [-0.2, -0.15) is 4.72 Å². The Bertz CT molecular complexity index is 619. The first-order valence-corrected chi connectivity index (χ1v) is 8.67. The van der Waals surface area contributed by atoms with Crippen LogP contribution >= 0.6 is 11.3 Å². The Hall–Kier alpha value is -1.45. The van der Waals surface area contributed by atoms with E-state index in [0.717, 1.165) is 0 Å². The average molecular weight is 334 g/mol. The zero-order valence-electron chi connectivity index (χ0n) is 12.0. The van der Waals surface area contributed by atoms with Gasteiger partial charge in [-0.15, -0.1) is 11.3 Å². The van der Waals surface area contributed by atoms with E-state index in [1.807, 2.05) is 0 Å². The molecule has 0 aliphatic carbocycles. The summed E-state index contributed by atoms with van der Waals surface area (Å²) in [4.78, 5) is 24.3. The molecule has 0 aliphatic rings. The Balaban J connectivity index is 2.89. The number of carboxylic acids is 1. The number of amides is 1. The molecule has 118 valence electrons. The van der Waals surface area contributed by atoms with Crippen LogP contribution < -0.4 is 4.72 Å². The summed E-state index contributed by atoms with van der Waals surface area (Å²) in [5.74, 6) is -1.51. The number of carbonyl (C=O) groups is 2. The van der Waals surface area contributed by atoms with Crippen LogP contribution in [0.25, 0.3) is 0 Å². The summed E-state index contributed by atoms with van der Waals surface area (Å²) in [5.41, 5.74) is 0. The van der Waals surface area contributed by atoms with E-state index in [1.165, 1.54) is 24.0 Å². The van der Waals surface area contributed by atoms with E-state index in [2.05, 4.69) is 4.72 Å². The van der Waals surface area contributed by atoms with Crippen LogP contribution in [0.3, 0.4) is 0 Å². The number of carbonyl (C=O) groups excluding carboxylic acids is 1. The van der Waals surface area contributed by atoms with Gasteiger partial charge in [-0.25, -0.2) is 13.2 Å². The topological polar surface area (TPSA) is 104 Å². The molecule has 0 aromatic carbocycles. The van der Waals surface area contributed by atoms with E-state index in [1.54, 1.807) is 13.8 Å². The molecule has 9 heteroatoms. The lowest BCUT2D eigenvalue weighted by Gasteiger charge is -2.23. The molecule has 0 bridgehead atoms. The van der Waals surface area contributed by atoms with E-state index < -0.39 is 22.0 Å². The normalized spacial score (nSPS) is 12.9. The van der Waals surface area contributed by atoms with Gasteiger partial charge >= 0.3 is 5.97 Å². The number of hydrogen-bond donors (Lipinski definition) is 2. The third kappa shape index (κ3) is 4.26. The van der Waals surface area contributed by atoms with E-state index in [0.29, 0.717) is 24.4 Å². The van der Waals surface area contributed by atoms with Crippen LogP contribution in [0.15, 0.2) is 16.3 Å². The fourth-order valence-corrected chi connectivity index (χ4v) is 4.09. The van der Waals surface area contributed by atoms with Gasteiger partial charge in [0.25, 0.3) is 10.0 Å². The second-order valence-electron chi connectivity index (χ2n) is 4.28. The fraction of sp³-hybridized carbons (Fsp3) is 0.500. The molecule has 2 N–H and O–H groups in total. The molecule has 1 atom stereocenters. The number of rotatable bonds is 7. The molecule has 0 aliphatic heterocycles. The third-order valence-corrected chi connectivity index (χ3v) is 5.94. The maximum Gasteiger partial charge on any atom is 0.345 e. The molecule has 1 rings (SSSR count). The lowest BCUT2D eigenvalue weighted by Crippen LogP contribution is -2.46. The van der Waals surface area contributed by atoms with Gasteiger partial charge in [-0.05, 0) is 32.9 Å². The molecule has 0 radical (unpaired) electrons. The number of sulfonamides is 1. The highest BCUT2D eigenvalue weighted by atomic mass is 32.2. The zero-order chi connectivity index (χ0) is 16.2. The Kier molecular flexibility index (Phi) is 5.87. The number of carboxylic acid groups (broad SMARTS) is 1. The number of nitrogens with zero attached hydrogens (tertiary/aromatic N) is 1. The minimum atomic E-state index is -3.91. The van der Waals surface area contributed by atoms with Crippen molar-refractivity contribution in [3.63, 3.8) is 0 Å². The van der Waals surface area contributed by atoms with Gasteiger partial charge in [0.05, 0.1) is 6.04 Å². The number of thiophene rings is 1. The summed E-state index contributed by atoms with van der Waals surface area (Å²) in [6.07, 6.45) is 0. The molecule has 1 aromatic heterocycles. The van der Waals surface area contributed by atoms with Gasteiger partial charge < -0.3 is 10.0 Å². The SMILES string of the molecule is CCN(CC)C(=O)C(C)NS(=O)(=O)c1ccc(C(=O)O)s1. The molecule has 1 aromatic rings. The van der Waals surface area contributed by atoms with Crippen molar-refractivity contribution in [2.45, 2.75) is 31.0 Å². The Morgan fingerprint density at radius 1 is 1.33 bits per heavy atom. The Morgan fingerprint density at radius 3 is 2.33 bits per heavy atom. The van der Waals surface area contributed by atoms with E-state index in [4.69, 9.17) is 5.11 Å². The predicted octanol–water partition coefficient (Wildman–Crippen LogP) is 0.981. The van der Waals surface area contributed by atoms with Crippen molar-refractivity contribution in [1.29, 1.82) is 0 Å². The van der Waals surface area contributed by atoms with Gasteiger partial charge in [0.15, 0.2) is 0 Å². The molecule has 0 saturated heterocycles. The second kappa shape index (κ2) is 7.01. The van der Waals surface area contributed by atoms with Crippen molar-refractivity contribution in [3.8, 4) is 0 Å². The first kappa shape index (κ1) is 17.6. The summed E-state index contributed by atoms with van der Waals surface area (Å²) in [6.45, 7) is 6.05. The third-order valence-electron chi connectivity index (χ3n) is 2.83. The first-order chi connectivity index (χ1) is 9.72. The highest BCUT2D eigenvalue weighted by Gasteiger charge is 2.26.